The number of carbonyl (C=O) groups is 2. The molecular weight excluding hydrogens is 218 g/mol. The Balaban J connectivity index is 2.47. The number of anilines is 1. The van der Waals surface area contributed by atoms with Crippen molar-refractivity contribution in [3.05, 3.63) is 29.8 Å². The summed E-state index contributed by atoms with van der Waals surface area (Å²) in [5.74, 6) is -0.0723. The molecule has 1 rings (SSSR count). The standard InChI is InChI=1S/C13H17NO3/c1-10(17-2)6-7-13(16)14-12-5-3-4-11(8-12)9-15/h3-5,8-10H,6-7H2,1-2H3,(H,14,16). The van der Waals surface area contributed by atoms with Gasteiger partial charge < -0.3 is 10.1 Å². The lowest BCUT2D eigenvalue weighted by Gasteiger charge is -2.09. The third-order valence-corrected chi connectivity index (χ3v) is 2.49. The van der Waals surface area contributed by atoms with Crippen LogP contribution in [0.3, 0.4) is 0 Å². The van der Waals surface area contributed by atoms with Gasteiger partial charge in [-0.25, -0.2) is 0 Å². The molecule has 0 saturated carbocycles. The summed E-state index contributed by atoms with van der Waals surface area (Å²) in [7, 11) is 1.62. The number of amides is 1. The van der Waals surface area contributed by atoms with E-state index in [0.717, 1.165) is 6.29 Å². The summed E-state index contributed by atoms with van der Waals surface area (Å²) in [5, 5.41) is 2.74. The van der Waals surface area contributed by atoms with Gasteiger partial charge in [-0.2, -0.15) is 0 Å². The quantitative estimate of drug-likeness (QED) is 0.769. The number of benzene rings is 1. The zero-order valence-corrected chi connectivity index (χ0v) is 10.1. The molecule has 0 aliphatic heterocycles. The number of hydrogen-bond acceptors (Lipinski definition) is 3. The van der Waals surface area contributed by atoms with E-state index in [-0.39, 0.29) is 12.0 Å². The Bertz CT molecular complexity index is 390. The van der Waals surface area contributed by atoms with Gasteiger partial charge in [0.2, 0.25) is 5.91 Å². The van der Waals surface area contributed by atoms with Gasteiger partial charge in [-0.15, -0.1) is 0 Å². The Hall–Kier alpha value is -1.68. The highest BCUT2D eigenvalue weighted by Gasteiger charge is 2.06. The highest BCUT2D eigenvalue weighted by atomic mass is 16.5. The van der Waals surface area contributed by atoms with Gasteiger partial charge in [0.15, 0.2) is 0 Å². The highest BCUT2D eigenvalue weighted by Crippen LogP contribution is 2.10. The molecule has 0 heterocycles. The van der Waals surface area contributed by atoms with Crippen molar-refractivity contribution in [3.8, 4) is 0 Å². The maximum absolute atomic E-state index is 11.6. The molecule has 0 radical (unpaired) electrons. The molecule has 1 aromatic rings. The van der Waals surface area contributed by atoms with Crippen LogP contribution in [0.15, 0.2) is 24.3 Å². The number of rotatable bonds is 6. The van der Waals surface area contributed by atoms with Crippen molar-refractivity contribution in [1.82, 2.24) is 0 Å². The fraction of sp³-hybridized carbons (Fsp3) is 0.385. The van der Waals surface area contributed by atoms with E-state index in [1.54, 1.807) is 31.4 Å². The molecule has 0 bridgehead atoms. The minimum Gasteiger partial charge on any atom is -0.382 e. The van der Waals surface area contributed by atoms with Gasteiger partial charge in [0.05, 0.1) is 6.10 Å². The molecule has 0 fully saturated rings. The van der Waals surface area contributed by atoms with Crippen LogP contribution in [0.25, 0.3) is 0 Å². The van der Waals surface area contributed by atoms with Crippen LogP contribution < -0.4 is 5.32 Å². The molecule has 0 aliphatic rings. The van der Waals surface area contributed by atoms with Crippen LogP contribution in [0.1, 0.15) is 30.1 Å². The molecule has 92 valence electrons. The maximum Gasteiger partial charge on any atom is 0.224 e. The smallest absolute Gasteiger partial charge is 0.224 e. The summed E-state index contributed by atoms with van der Waals surface area (Å²) in [6.45, 7) is 1.92. The molecule has 1 atom stereocenters. The third kappa shape index (κ3) is 4.78. The van der Waals surface area contributed by atoms with E-state index >= 15 is 0 Å². The number of carbonyl (C=O) groups excluding carboxylic acids is 2. The highest BCUT2D eigenvalue weighted by molar-refractivity contribution is 5.91. The van der Waals surface area contributed by atoms with E-state index in [4.69, 9.17) is 4.74 Å². The lowest BCUT2D eigenvalue weighted by molar-refractivity contribution is -0.116. The average molecular weight is 235 g/mol. The van der Waals surface area contributed by atoms with Gasteiger partial charge in [0.25, 0.3) is 0 Å². The molecule has 0 saturated heterocycles. The second-order valence-corrected chi connectivity index (χ2v) is 3.88. The molecule has 4 nitrogen and oxygen atoms in total. The topological polar surface area (TPSA) is 55.4 Å². The fourth-order valence-corrected chi connectivity index (χ4v) is 1.37. The predicted molar refractivity (Wildman–Crippen MR) is 66.2 cm³/mol. The summed E-state index contributed by atoms with van der Waals surface area (Å²) in [6, 6.07) is 6.82. The zero-order valence-electron chi connectivity index (χ0n) is 10.1. The van der Waals surface area contributed by atoms with Crippen molar-refractivity contribution < 1.29 is 14.3 Å². The third-order valence-electron chi connectivity index (χ3n) is 2.49. The normalized spacial score (nSPS) is 11.9. The molecule has 1 N–H and O–H groups in total. The lowest BCUT2D eigenvalue weighted by atomic mass is 10.2. The predicted octanol–water partition coefficient (Wildman–Crippen LogP) is 2.25. The van der Waals surface area contributed by atoms with Crippen molar-refractivity contribution in [3.63, 3.8) is 0 Å². The molecule has 4 heteroatoms. The minimum absolute atomic E-state index is 0.0714. The monoisotopic (exact) mass is 235 g/mol. The summed E-state index contributed by atoms with van der Waals surface area (Å²) >= 11 is 0. The van der Waals surface area contributed by atoms with E-state index in [9.17, 15) is 9.59 Å². The first-order valence-corrected chi connectivity index (χ1v) is 5.53. The van der Waals surface area contributed by atoms with Crippen LogP contribution in [-0.4, -0.2) is 25.4 Å². The average Bonchev–Trinajstić information content (AvgIpc) is 2.36. The number of hydrogen-bond donors (Lipinski definition) is 1. The van der Waals surface area contributed by atoms with E-state index in [1.807, 2.05) is 6.92 Å². The summed E-state index contributed by atoms with van der Waals surface area (Å²) in [4.78, 5) is 22.1. The van der Waals surface area contributed by atoms with Crippen molar-refractivity contribution in [2.24, 2.45) is 0 Å². The summed E-state index contributed by atoms with van der Waals surface area (Å²) in [6.07, 6.45) is 1.90. The van der Waals surface area contributed by atoms with E-state index in [2.05, 4.69) is 5.32 Å². The molecule has 1 unspecified atom stereocenters. The van der Waals surface area contributed by atoms with Crippen molar-refractivity contribution >= 4 is 17.9 Å². The fourth-order valence-electron chi connectivity index (χ4n) is 1.37. The molecule has 0 aromatic heterocycles. The van der Waals surface area contributed by atoms with E-state index < -0.39 is 0 Å². The van der Waals surface area contributed by atoms with E-state index in [0.29, 0.717) is 24.1 Å². The summed E-state index contributed by atoms with van der Waals surface area (Å²) in [5.41, 5.74) is 1.19. The second kappa shape index (κ2) is 6.81. The molecular formula is C13H17NO3. The first-order chi connectivity index (χ1) is 8.15. The van der Waals surface area contributed by atoms with Gasteiger partial charge in [-0.1, -0.05) is 12.1 Å². The number of methoxy groups -OCH3 is 1. The van der Waals surface area contributed by atoms with E-state index in [1.165, 1.54) is 0 Å². The molecule has 17 heavy (non-hydrogen) atoms. The van der Waals surface area contributed by atoms with Crippen LogP contribution >= 0.6 is 0 Å². The van der Waals surface area contributed by atoms with Crippen LogP contribution in [0.5, 0.6) is 0 Å². The Morgan fingerprint density at radius 3 is 2.94 bits per heavy atom. The SMILES string of the molecule is COC(C)CCC(=O)Nc1cccc(C=O)c1. The van der Waals surface area contributed by atoms with Gasteiger partial charge >= 0.3 is 0 Å². The number of ether oxygens (including phenoxy) is 1. The Morgan fingerprint density at radius 2 is 2.29 bits per heavy atom. The Morgan fingerprint density at radius 1 is 1.53 bits per heavy atom. The van der Waals surface area contributed by atoms with Crippen LogP contribution in [-0.2, 0) is 9.53 Å². The van der Waals surface area contributed by atoms with Crippen LogP contribution in [0.2, 0.25) is 0 Å². The number of nitrogens with one attached hydrogen (secondary N) is 1. The lowest BCUT2D eigenvalue weighted by Crippen LogP contribution is -2.15. The molecule has 1 aromatic carbocycles. The van der Waals surface area contributed by atoms with Crippen LogP contribution in [0.4, 0.5) is 5.69 Å². The molecule has 0 spiro atoms. The van der Waals surface area contributed by atoms with Crippen molar-refractivity contribution in [1.29, 1.82) is 0 Å². The first kappa shape index (κ1) is 13.4. The molecule has 1 amide bonds. The largest absolute Gasteiger partial charge is 0.382 e. The Kier molecular flexibility index (Phi) is 5.36. The van der Waals surface area contributed by atoms with Crippen molar-refractivity contribution in [2.75, 3.05) is 12.4 Å². The van der Waals surface area contributed by atoms with Crippen LogP contribution in [0, 0.1) is 0 Å². The Labute approximate surface area is 101 Å². The van der Waals surface area contributed by atoms with Gasteiger partial charge in [-0.3, -0.25) is 9.59 Å². The van der Waals surface area contributed by atoms with Gasteiger partial charge in [-0.05, 0) is 25.5 Å². The second-order valence-electron chi connectivity index (χ2n) is 3.88. The number of aldehydes is 1. The summed E-state index contributed by atoms with van der Waals surface area (Å²) < 4.78 is 5.06. The van der Waals surface area contributed by atoms with Gasteiger partial charge in [0.1, 0.15) is 6.29 Å². The zero-order chi connectivity index (χ0) is 12.7. The minimum atomic E-state index is -0.0723. The molecule has 0 aliphatic carbocycles. The van der Waals surface area contributed by atoms with Crippen molar-refractivity contribution in [2.45, 2.75) is 25.9 Å². The van der Waals surface area contributed by atoms with Gasteiger partial charge in [0, 0.05) is 24.8 Å². The maximum atomic E-state index is 11.6. The first-order valence-electron chi connectivity index (χ1n) is 5.53.